The number of nitrogens with one attached hydrogen (secondary N) is 6. The largest absolute Gasteiger partial charge is 0.444 e. The first-order chi connectivity index (χ1) is 31.9. The molecule has 8 amide bonds. The summed E-state index contributed by atoms with van der Waals surface area (Å²) >= 11 is 0. The van der Waals surface area contributed by atoms with Gasteiger partial charge in [-0.1, -0.05) is 84.0 Å². The fourth-order valence-electron chi connectivity index (χ4n) is 7.43. The number of non-ortho nitro benzene ring substituents is 1. The molecule has 0 radical (unpaired) electrons. The van der Waals surface area contributed by atoms with Gasteiger partial charge in [-0.3, -0.25) is 59.1 Å². The molecule has 2 fully saturated rings. The number of imide groups is 2. The van der Waals surface area contributed by atoms with Crippen molar-refractivity contribution in [1.82, 2.24) is 31.9 Å². The van der Waals surface area contributed by atoms with Gasteiger partial charge in [-0.25, -0.2) is 9.59 Å². The van der Waals surface area contributed by atoms with E-state index < -0.39 is 129 Å². The smallest absolute Gasteiger partial charge is 0.408 e. The Morgan fingerprint density at radius 3 is 1.30 bits per heavy atom. The summed E-state index contributed by atoms with van der Waals surface area (Å²) in [6.07, 6.45) is -2.03. The standard InChI is InChI=1S/C24H32N4O8.C24H33N3O6/c1-12(2)19(20(30)18-13(3)21(31)27-22(18)32)26-17(29)11-16(25-23(33)36-24(4,5)6)14-8-7-9-15(10-14)28(34)35;1-13(2)19(20(29)18-14(3)21(30)27-22(18)31)26-17(28)12-16(15-10-8-7-9-11-15)25-23(32)33-24(4,5)6/h7-10,12-13,16,18-19H,11H2,1-6H3,(H,25,33)(H,26,29)(H,27,31,32);7-11,13-14,16,18-19H,12H2,1-6H3,(H,25,32)(H,26,28)(H,27,30,31)/t13-,16?,18+,19-;14-,16?,18+,19-/m00/s1. The van der Waals surface area contributed by atoms with E-state index in [1.54, 1.807) is 93.5 Å². The molecular formula is C48H65N7O14. The van der Waals surface area contributed by atoms with Gasteiger partial charge in [0.05, 0.1) is 53.8 Å². The zero-order valence-corrected chi connectivity index (χ0v) is 41.0. The SMILES string of the molecule is CC(C)[C@H](NC(=O)CC(NC(=O)OC(C)(C)C)c1cccc([N+](=O)[O-])c1)C(=O)[C@@H]1C(=O)NC(=O)[C@H]1C.CC(C)[C@H](NC(=O)CC(NC(=O)OC(C)(C)C)c1ccccc1)C(=O)[C@@H]1C(=O)NC(=O)[C@H]1C. The molecule has 0 aliphatic carbocycles. The second kappa shape index (κ2) is 23.8. The van der Waals surface area contributed by atoms with E-state index >= 15 is 0 Å². The van der Waals surface area contributed by atoms with Gasteiger partial charge < -0.3 is 30.7 Å². The molecule has 4 rings (SSSR count). The molecule has 2 aromatic carbocycles. The average molecular weight is 964 g/mol. The van der Waals surface area contributed by atoms with Gasteiger partial charge in [0, 0.05) is 12.1 Å². The predicted octanol–water partition coefficient (Wildman–Crippen LogP) is 4.43. The van der Waals surface area contributed by atoms with Gasteiger partial charge in [-0.2, -0.15) is 0 Å². The molecule has 0 bridgehead atoms. The third kappa shape index (κ3) is 16.6. The minimum Gasteiger partial charge on any atom is -0.444 e. The highest BCUT2D eigenvalue weighted by atomic mass is 16.6. The Bertz CT molecular complexity index is 2290. The van der Waals surface area contributed by atoms with Crippen molar-refractivity contribution in [1.29, 1.82) is 0 Å². The number of Topliss-reactive ketones (excluding diaryl/α,β-unsaturated/α-hetero) is 2. The number of alkyl carbamates (subject to hydrolysis) is 2. The Hall–Kier alpha value is -7.06. The summed E-state index contributed by atoms with van der Waals surface area (Å²) in [5.74, 6) is -9.40. The minimum absolute atomic E-state index is 0.148. The highest BCUT2D eigenvalue weighted by Crippen LogP contribution is 2.27. The van der Waals surface area contributed by atoms with Crippen LogP contribution in [0, 0.1) is 45.6 Å². The summed E-state index contributed by atoms with van der Waals surface area (Å²) in [5.41, 5.74) is -0.791. The maximum Gasteiger partial charge on any atom is 0.408 e. The van der Waals surface area contributed by atoms with Crippen LogP contribution in [0.3, 0.4) is 0 Å². The fraction of sp³-hybridized carbons (Fsp3) is 0.542. The van der Waals surface area contributed by atoms with Crippen LogP contribution in [0.15, 0.2) is 54.6 Å². The number of amides is 8. The second-order valence-electron chi connectivity index (χ2n) is 19.7. The van der Waals surface area contributed by atoms with Crippen LogP contribution in [0.25, 0.3) is 0 Å². The van der Waals surface area contributed by atoms with Crippen molar-refractivity contribution in [3.63, 3.8) is 0 Å². The summed E-state index contributed by atoms with van der Waals surface area (Å²) in [6.45, 7) is 20.0. The Kier molecular flexibility index (Phi) is 19.4. The topological polar surface area (TPSA) is 304 Å². The van der Waals surface area contributed by atoms with Crippen molar-refractivity contribution in [2.24, 2.45) is 35.5 Å². The van der Waals surface area contributed by atoms with E-state index in [9.17, 15) is 58.1 Å². The molecular weight excluding hydrogens is 899 g/mol. The third-order valence-electron chi connectivity index (χ3n) is 10.9. The molecule has 0 saturated carbocycles. The van der Waals surface area contributed by atoms with E-state index in [0.29, 0.717) is 5.56 Å². The van der Waals surface area contributed by atoms with E-state index in [0.717, 1.165) is 0 Å². The van der Waals surface area contributed by atoms with E-state index in [4.69, 9.17) is 9.47 Å². The molecule has 376 valence electrons. The number of ether oxygens (including phenoxy) is 2. The molecule has 21 heteroatoms. The Morgan fingerprint density at radius 2 is 0.971 bits per heavy atom. The Labute approximate surface area is 400 Å². The van der Waals surface area contributed by atoms with Gasteiger partial charge in [0.2, 0.25) is 35.4 Å². The van der Waals surface area contributed by atoms with Gasteiger partial charge in [0.25, 0.3) is 5.69 Å². The lowest BCUT2D eigenvalue weighted by molar-refractivity contribution is -0.384. The number of nitrogens with zero attached hydrogens (tertiary/aromatic N) is 1. The summed E-state index contributed by atoms with van der Waals surface area (Å²) in [4.78, 5) is 135. The summed E-state index contributed by atoms with van der Waals surface area (Å²) < 4.78 is 10.6. The molecule has 0 aromatic heterocycles. The van der Waals surface area contributed by atoms with Crippen molar-refractivity contribution in [2.45, 2.75) is 131 Å². The second-order valence-corrected chi connectivity index (χ2v) is 19.7. The number of carbonyl (C=O) groups excluding carboxylic acids is 10. The van der Waals surface area contributed by atoms with E-state index in [2.05, 4.69) is 31.9 Å². The first-order valence-corrected chi connectivity index (χ1v) is 22.5. The van der Waals surface area contributed by atoms with Gasteiger partial charge in [0.1, 0.15) is 23.0 Å². The molecule has 2 unspecified atom stereocenters. The lowest BCUT2D eigenvalue weighted by Crippen LogP contribution is -2.49. The number of benzene rings is 2. The van der Waals surface area contributed by atoms with E-state index in [1.807, 2.05) is 6.07 Å². The van der Waals surface area contributed by atoms with Gasteiger partial charge in [0.15, 0.2) is 11.6 Å². The molecule has 21 nitrogen and oxygen atoms in total. The number of carbonyl (C=O) groups is 10. The normalized spacial score (nSPS) is 19.7. The quantitative estimate of drug-likeness (QED) is 0.0553. The number of ketones is 2. The number of nitro groups is 1. The third-order valence-corrected chi connectivity index (χ3v) is 10.9. The zero-order chi connectivity index (χ0) is 52.3. The van der Waals surface area contributed by atoms with Gasteiger partial charge >= 0.3 is 12.2 Å². The zero-order valence-electron chi connectivity index (χ0n) is 41.0. The molecule has 8 atom stereocenters. The summed E-state index contributed by atoms with van der Waals surface area (Å²) in [7, 11) is 0. The molecule has 2 aliphatic heterocycles. The fourth-order valence-corrected chi connectivity index (χ4v) is 7.43. The monoisotopic (exact) mass is 963 g/mol. The Balaban J connectivity index is 0.000000367. The van der Waals surface area contributed by atoms with Crippen LogP contribution in [-0.4, -0.2) is 87.4 Å². The first kappa shape index (κ1) is 56.3. The molecule has 69 heavy (non-hydrogen) atoms. The highest BCUT2D eigenvalue weighted by molar-refractivity contribution is 6.17. The molecule has 2 saturated heterocycles. The van der Waals surface area contributed by atoms with Crippen molar-refractivity contribution in [3.05, 3.63) is 75.8 Å². The molecule has 2 heterocycles. The summed E-state index contributed by atoms with van der Waals surface area (Å²) in [6, 6.07) is 10.6. The maximum absolute atomic E-state index is 13.1. The van der Waals surface area contributed by atoms with Crippen LogP contribution in [0.2, 0.25) is 0 Å². The predicted molar refractivity (Wildman–Crippen MR) is 248 cm³/mol. The maximum atomic E-state index is 13.1. The lowest BCUT2D eigenvalue weighted by atomic mass is 9.85. The number of nitro benzene ring substituents is 1. The average Bonchev–Trinajstić information content (AvgIpc) is 3.64. The van der Waals surface area contributed by atoms with Crippen LogP contribution in [0.4, 0.5) is 15.3 Å². The van der Waals surface area contributed by atoms with E-state index in [1.165, 1.54) is 38.1 Å². The van der Waals surface area contributed by atoms with Crippen LogP contribution in [0.5, 0.6) is 0 Å². The number of hydrogen-bond donors (Lipinski definition) is 6. The van der Waals surface area contributed by atoms with Crippen LogP contribution < -0.4 is 31.9 Å². The molecule has 2 aromatic rings. The van der Waals surface area contributed by atoms with E-state index in [-0.39, 0.29) is 30.0 Å². The number of hydrogen-bond acceptors (Lipinski definition) is 14. The van der Waals surface area contributed by atoms with Crippen molar-refractivity contribution >= 4 is 64.9 Å². The van der Waals surface area contributed by atoms with Crippen molar-refractivity contribution in [2.75, 3.05) is 0 Å². The van der Waals surface area contributed by atoms with Crippen LogP contribution in [0.1, 0.15) is 119 Å². The Morgan fingerprint density at radius 1 is 0.594 bits per heavy atom. The minimum atomic E-state index is -1.22. The number of rotatable bonds is 17. The lowest BCUT2D eigenvalue weighted by Gasteiger charge is -2.26. The molecule has 2 aliphatic rings. The van der Waals surface area contributed by atoms with Crippen molar-refractivity contribution in [3.8, 4) is 0 Å². The van der Waals surface area contributed by atoms with Crippen molar-refractivity contribution < 1.29 is 62.3 Å². The van der Waals surface area contributed by atoms with Gasteiger partial charge in [-0.05, 0) is 64.5 Å². The van der Waals surface area contributed by atoms with Gasteiger partial charge in [-0.15, -0.1) is 0 Å². The van der Waals surface area contributed by atoms with Crippen LogP contribution in [-0.2, 0) is 47.8 Å². The highest BCUT2D eigenvalue weighted by Gasteiger charge is 2.47. The molecule has 0 spiro atoms. The first-order valence-electron chi connectivity index (χ1n) is 22.5. The van der Waals surface area contributed by atoms with Crippen LogP contribution >= 0.6 is 0 Å². The molecule has 6 N–H and O–H groups in total. The summed E-state index contributed by atoms with van der Waals surface area (Å²) in [5, 5.41) is 26.1.